The van der Waals surface area contributed by atoms with Gasteiger partial charge < -0.3 is 4.90 Å². The zero-order valence-corrected chi connectivity index (χ0v) is 31.8. The van der Waals surface area contributed by atoms with Crippen molar-refractivity contribution in [2.75, 3.05) is 4.90 Å². The molecular weight excluding hydrogens is 730 g/mol. The predicted molar refractivity (Wildman–Crippen MR) is 233 cm³/mol. The summed E-state index contributed by atoms with van der Waals surface area (Å²) in [5, 5.41) is 0. The summed E-state index contributed by atoms with van der Waals surface area (Å²) in [6.45, 7) is 0. The molecule has 0 saturated carbocycles. The van der Waals surface area contributed by atoms with Gasteiger partial charge in [-0.25, -0.2) is 0 Å². The molecule has 0 aliphatic heterocycles. The van der Waals surface area contributed by atoms with Crippen LogP contribution in [-0.4, -0.2) is 0 Å². The lowest BCUT2D eigenvalue weighted by Crippen LogP contribution is -2.26. The van der Waals surface area contributed by atoms with Gasteiger partial charge in [-0.2, -0.15) is 0 Å². The second-order valence-electron chi connectivity index (χ2n) is 14.9. The quantitative estimate of drug-likeness (QED) is 0.169. The van der Waals surface area contributed by atoms with E-state index in [1.165, 1.54) is 83.6 Å². The summed E-state index contributed by atoms with van der Waals surface area (Å²) in [6, 6.07) is 67.7. The molecule has 1 atom stereocenters. The van der Waals surface area contributed by atoms with E-state index in [4.69, 9.17) is 0 Å². The summed E-state index contributed by atoms with van der Waals surface area (Å²) >= 11 is 3.89. The minimum absolute atomic E-state index is 0.460. The summed E-state index contributed by atoms with van der Waals surface area (Å²) in [6.07, 6.45) is 6.77. The Morgan fingerprint density at radius 1 is 0.436 bits per heavy atom. The van der Waals surface area contributed by atoms with Crippen molar-refractivity contribution >= 4 is 39.1 Å². The first-order valence-electron chi connectivity index (χ1n) is 19.2. The van der Waals surface area contributed by atoms with Gasteiger partial charge in [0.25, 0.3) is 0 Å². The van der Waals surface area contributed by atoms with Crippen LogP contribution in [0.15, 0.2) is 193 Å². The molecule has 0 radical (unpaired) electrons. The number of fused-ring (bicyclic) bond motifs is 11. The van der Waals surface area contributed by atoms with Gasteiger partial charge in [0.05, 0.1) is 16.8 Å². The third-order valence-corrected chi connectivity index (χ3v) is 12.5. The van der Waals surface area contributed by atoms with Gasteiger partial charge in [0, 0.05) is 21.3 Å². The Kier molecular flexibility index (Phi) is 7.44. The molecule has 3 aliphatic rings. The van der Waals surface area contributed by atoms with Crippen molar-refractivity contribution in [2.45, 2.75) is 18.3 Å². The fourth-order valence-electron chi connectivity index (χ4n) is 9.68. The maximum absolute atomic E-state index is 3.89. The Morgan fingerprint density at radius 3 is 1.82 bits per heavy atom. The van der Waals surface area contributed by atoms with Crippen LogP contribution in [0, 0.1) is 0 Å². The average molecular weight is 767 g/mol. The van der Waals surface area contributed by atoms with E-state index in [0.29, 0.717) is 0 Å². The molecule has 0 fully saturated rings. The molecule has 0 N–H and O–H groups in total. The molecule has 2 heteroatoms. The molecule has 3 aliphatic carbocycles. The van der Waals surface area contributed by atoms with Crippen LogP contribution in [0.2, 0.25) is 0 Å². The molecule has 11 rings (SSSR count). The van der Waals surface area contributed by atoms with Crippen LogP contribution >= 0.6 is 15.9 Å². The van der Waals surface area contributed by atoms with Crippen molar-refractivity contribution in [2.24, 2.45) is 0 Å². The number of benzene rings is 8. The molecule has 1 spiro atoms. The molecule has 0 saturated heterocycles. The molecule has 55 heavy (non-hydrogen) atoms. The molecule has 8 aromatic carbocycles. The van der Waals surface area contributed by atoms with Crippen LogP contribution in [0.25, 0.3) is 50.6 Å². The first-order chi connectivity index (χ1) is 27.2. The largest absolute Gasteiger partial charge is 0.309 e. The van der Waals surface area contributed by atoms with Crippen molar-refractivity contribution in [3.8, 4) is 44.5 Å². The van der Waals surface area contributed by atoms with Crippen LogP contribution in [-0.2, 0) is 11.8 Å². The van der Waals surface area contributed by atoms with E-state index in [0.717, 1.165) is 28.7 Å². The average Bonchev–Trinajstić information content (AvgIpc) is 3.71. The molecular formula is C53H36BrN. The highest BCUT2D eigenvalue weighted by atomic mass is 79.9. The summed E-state index contributed by atoms with van der Waals surface area (Å²) < 4.78 is 1.09. The molecule has 0 bridgehead atoms. The van der Waals surface area contributed by atoms with Crippen LogP contribution in [0.1, 0.15) is 39.8 Å². The van der Waals surface area contributed by atoms with E-state index >= 15 is 0 Å². The van der Waals surface area contributed by atoms with Gasteiger partial charge >= 0.3 is 0 Å². The van der Waals surface area contributed by atoms with Gasteiger partial charge in [-0.1, -0.05) is 168 Å². The molecule has 0 heterocycles. The summed E-state index contributed by atoms with van der Waals surface area (Å²) in [5.74, 6) is 0. The highest BCUT2D eigenvalue weighted by Gasteiger charge is 2.52. The minimum atomic E-state index is -0.460. The highest BCUT2D eigenvalue weighted by Crippen LogP contribution is 2.63. The van der Waals surface area contributed by atoms with Crippen molar-refractivity contribution in [3.63, 3.8) is 0 Å². The van der Waals surface area contributed by atoms with E-state index in [-0.39, 0.29) is 0 Å². The van der Waals surface area contributed by atoms with E-state index in [2.05, 4.69) is 215 Å². The third-order valence-electron chi connectivity index (χ3n) is 12.0. The smallest absolute Gasteiger partial charge is 0.0726 e. The van der Waals surface area contributed by atoms with E-state index in [9.17, 15) is 0 Å². The van der Waals surface area contributed by atoms with Crippen LogP contribution in [0.5, 0.6) is 0 Å². The molecule has 0 aromatic heterocycles. The topological polar surface area (TPSA) is 3.24 Å². The van der Waals surface area contributed by atoms with Crippen molar-refractivity contribution in [1.29, 1.82) is 0 Å². The van der Waals surface area contributed by atoms with E-state index in [1.807, 2.05) is 0 Å². The van der Waals surface area contributed by atoms with Gasteiger partial charge in [-0.3, -0.25) is 0 Å². The number of anilines is 3. The Hall–Kier alpha value is -6.22. The lowest BCUT2D eigenvalue weighted by Gasteiger charge is -2.34. The predicted octanol–water partition coefficient (Wildman–Crippen LogP) is 14.6. The molecule has 0 amide bonds. The van der Waals surface area contributed by atoms with Gasteiger partial charge in [0.15, 0.2) is 0 Å². The number of aryl methyl sites for hydroxylation is 1. The summed E-state index contributed by atoms with van der Waals surface area (Å²) in [5.41, 5.74) is 21.0. The standard InChI is InChI=1S/C53H36BrN/c54-39-27-29-44-42-21-9-11-23-47(42)53(49(44)33-39)48-24-12-10-22-43(48)45-30-28-40(34-50(45)53)55(51-25-13-19-36-18-7-8-20-41(36)51)52-31-26-38(35-14-3-1-4-15-35)32-46(52)37-16-5-2-6-17-37/h1-6,8-17,19-34H,7,18H2. The van der Waals surface area contributed by atoms with Gasteiger partial charge in [-0.15, -0.1) is 0 Å². The lowest BCUT2D eigenvalue weighted by atomic mass is 9.70. The first-order valence-corrected chi connectivity index (χ1v) is 20.0. The molecule has 260 valence electrons. The molecule has 1 nitrogen and oxygen atoms in total. The summed E-state index contributed by atoms with van der Waals surface area (Å²) in [7, 11) is 0. The molecule has 1 unspecified atom stereocenters. The maximum Gasteiger partial charge on any atom is 0.0726 e. The Bertz CT molecular complexity index is 2820. The van der Waals surface area contributed by atoms with Crippen molar-refractivity contribution in [1.82, 2.24) is 0 Å². The number of allylic oxidation sites excluding steroid dienone is 1. The number of hydrogen-bond donors (Lipinski definition) is 0. The maximum atomic E-state index is 3.89. The first kappa shape index (κ1) is 32.2. The normalized spacial score (nSPS) is 15.6. The monoisotopic (exact) mass is 765 g/mol. The Morgan fingerprint density at radius 2 is 1.07 bits per heavy atom. The van der Waals surface area contributed by atoms with Gasteiger partial charge in [0.1, 0.15) is 0 Å². The third kappa shape index (κ3) is 4.84. The number of hydrogen-bond acceptors (Lipinski definition) is 1. The van der Waals surface area contributed by atoms with Gasteiger partial charge in [-0.05, 0) is 122 Å². The Labute approximate surface area is 331 Å². The fourth-order valence-corrected chi connectivity index (χ4v) is 10.0. The number of halogens is 1. The molecule has 8 aromatic rings. The summed E-state index contributed by atoms with van der Waals surface area (Å²) in [4.78, 5) is 2.53. The SMILES string of the molecule is Brc1ccc2c(c1)C1(c3ccccc3-2)c2ccccc2-c2ccc(N(c3ccc(-c4ccccc4)cc3-c3ccccc3)c3cccc4c3C=CCC4)cc21. The van der Waals surface area contributed by atoms with Gasteiger partial charge in [0.2, 0.25) is 0 Å². The van der Waals surface area contributed by atoms with Crippen LogP contribution < -0.4 is 4.90 Å². The van der Waals surface area contributed by atoms with Crippen LogP contribution in [0.4, 0.5) is 17.1 Å². The fraction of sp³-hybridized carbons (Fsp3) is 0.0566. The zero-order chi connectivity index (χ0) is 36.5. The Balaban J connectivity index is 1.22. The van der Waals surface area contributed by atoms with Crippen molar-refractivity contribution < 1.29 is 0 Å². The minimum Gasteiger partial charge on any atom is -0.309 e. The number of rotatable bonds is 5. The van der Waals surface area contributed by atoms with E-state index in [1.54, 1.807) is 0 Å². The zero-order valence-electron chi connectivity index (χ0n) is 30.2. The number of nitrogens with zero attached hydrogens (tertiary/aromatic N) is 1. The second kappa shape index (κ2) is 12.7. The highest BCUT2D eigenvalue weighted by molar-refractivity contribution is 9.10. The van der Waals surface area contributed by atoms with E-state index < -0.39 is 5.41 Å². The van der Waals surface area contributed by atoms with Crippen molar-refractivity contribution in [3.05, 3.63) is 226 Å². The van der Waals surface area contributed by atoms with Crippen LogP contribution in [0.3, 0.4) is 0 Å². The second-order valence-corrected chi connectivity index (χ2v) is 15.8. The lowest BCUT2D eigenvalue weighted by molar-refractivity contribution is 0.793.